The Morgan fingerprint density at radius 3 is 2.47 bits per heavy atom. The summed E-state index contributed by atoms with van der Waals surface area (Å²) in [6.45, 7) is 4.26. The van der Waals surface area contributed by atoms with E-state index in [2.05, 4.69) is 19.2 Å². The molecule has 1 aromatic rings. The van der Waals surface area contributed by atoms with E-state index in [0.717, 1.165) is 18.9 Å². The molecule has 1 fully saturated rings. The second-order valence-corrected chi connectivity index (χ2v) is 5.36. The number of anilines is 1. The van der Waals surface area contributed by atoms with Crippen molar-refractivity contribution in [1.82, 2.24) is 0 Å². The predicted molar refractivity (Wildman–Crippen MR) is 68.0 cm³/mol. The van der Waals surface area contributed by atoms with E-state index < -0.39 is 22.2 Å². The molecule has 1 N–H and O–H groups in total. The van der Waals surface area contributed by atoms with Crippen LogP contribution in [0.5, 0.6) is 0 Å². The monoisotopic (exact) mass is 270 g/mol. The van der Waals surface area contributed by atoms with Gasteiger partial charge in [-0.25, -0.2) is 4.39 Å². The molecule has 0 amide bonds. The van der Waals surface area contributed by atoms with Crippen LogP contribution in [0.1, 0.15) is 26.7 Å². The first-order valence-corrected chi connectivity index (χ1v) is 6.28. The molecule has 0 bridgehead atoms. The van der Waals surface area contributed by atoms with E-state index in [0.29, 0.717) is 17.9 Å². The highest BCUT2D eigenvalue weighted by molar-refractivity contribution is 5.53. The lowest BCUT2D eigenvalue weighted by Gasteiger charge is -2.39. The van der Waals surface area contributed by atoms with Gasteiger partial charge < -0.3 is 5.32 Å². The summed E-state index contributed by atoms with van der Waals surface area (Å²) in [6.07, 6.45) is 1.81. The third-order valence-electron chi connectivity index (χ3n) is 3.71. The van der Waals surface area contributed by atoms with Crippen molar-refractivity contribution in [2.75, 3.05) is 5.32 Å². The van der Waals surface area contributed by atoms with Crippen molar-refractivity contribution in [3.63, 3.8) is 0 Å². The molecule has 0 spiro atoms. The quantitative estimate of drug-likeness (QED) is 0.670. The van der Waals surface area contributed by atoms with Gasteiger partial charge in [0.05, 0.1) is 10.6 Å². The van der Waals surface area contributed by atoms with Gasteiger partial charge in [-0.2, -0.15) is 4.39 Å². The summed E-state index contributed by atoms with van der Waals surface area (Å²) in [5.41, 5.74) is -0.705. The zero-order valence-corrected chi connectivity index (χ0v) is 10.8. The fourth-order valence-electron chi connectivity index (χ4n) is 2.33. The Morgan fingerprint density at radius 2 is 1.95 bits per heavy atom. The van der Waals surface area contributed by atoms with Crippen molar-refractivity contribution < 1.29 is 13.7 Å². The number of nitrogens with zero attached hydrogens (tertiary/aromatic N) is 1. The van der Waals surface area contributed by atoms with Gasteiger partial charge in [0.15, 0.2) is 0 Å². The molecular weight excluding hydrogens is 254 g/mol. The first kappa shape index (κ1) is 13.7. The van der Waals surface area contributed by atoms with Crippen LogP contribution in [0.3, 0.4) is 0 Å². The molecular formula is C13H16F2N2O2. The first-order chi connectivity index (χ1) is 8.88. The van der Waals surface area contributed by atoms with Crippen LogP contribution in [-0.4, -0.2) is 11.0 Å². The van der Waals surface area contributed by atoms with E-state index >= 15 is 0 Å². The summed E-state index contributed by atoms with van der Waals surface area (Å²) in [4.78, 5) is 9.76. The molecule has 2 rings (SSSR count). The molecule has 0 saturated heterocycles. The van der Waals surface area contributed by atoms with Gasteiger partial charge in [0, 0.05) is 18.2 Å². The first-order valence-electron chi connectivity index (χ1n) is 6.28. The topological polar surface area (TPSA) is 55.2 Å². The van der Waals surface area contributed by atoms with E-state index in [1.54, 1.807) is 0 Å². The van der Waals surface area contributed by atoms with E-state index in [1.807, 2.05) is 0 Å². The minimum atomic E-state index is -1.15. The molecule has 104 valence electrons. The average Bonchev–Trinajstić information content (AvgIpc) is 2.23. The molecule has 0 heterocycles. The van der Waals surface area contributed by atoms with Crippen LogP contribution in [0, 0.1) is 33.6 Å². The van der Waals surface area contributed by atoms with Gasteiger partial charge in [0.2, 0.25) is 5.82 Å². The Hall–Kier alpha value is -1.72. The van der Waals surface area contributed by atoms with Crippen LogP contribution in [-0.2, 0) is 0 Å². The summed E-state index contributed by atoms with van der Waals surface area (Å²) in [5, 5.41) is 13.5. The van der Waals surface area contributed by atoms with Crippen molar-refractivity contribution in [1.29, 1.82) is 0 Å². The fraction of sp³-hybridized carbons (Fsp3) is 0.538. The molecule has 0 aliphatic heterocycles. The SMILES string of the molecule is CC(C)C1CC(Nc2cc([N+](=O)[O-])c(F)cc2F)C1. The summed E-state index contributed by atoms with van der Waals surface area (Å²) in [6, 6.07) is 1.58. The molecule has 1 aliphatic rings. The fourth-order valence-corrected chi connectivity index (χ4v) is 2.33. The lowest BCUT2D eigenvalue weighted by atomic mass is 9.73. The second-order valence-electron chi connectivity index (χ2n) is 5.36. The smallest absolute Gasteiger partial charge is 0.307 e. The third kappa shape index (κ3) is 2.83. The number of hydrogen-bond donors (Lipinski definition) is 1. The predicted octanol–water partition coefficient (Wildman–Crippen LogP) is 3.72. The Morgan fingerprint density at radius 1 is 1.32 bits per heavy atom. The molecule has 1 aliphatic carbocycles. The second kappa shape index (κ2) is 5.11. The molecule has 0 aromatic heterocycles. The maximum atomic E-state index is 13.5. The molecule has 0 unspecified atom stereocenters. The van der Waals surface area contributed by atoms with E-state index in [9.17, 15) is 18.9 Å². The minimum Gasteiger partial charge on any atom is -0.380 e. The Bertz CT molecular complexity index is 500. The lowest BCUT2D eigenvalue weighted by molar-refractivity contribution is -0.387. The number of nitrogens with one attached hydrogen (secondary N) is 1. The number of nitro groups is 1. The zero-order chi connectivity index (χ0) is 14.2. The minimum absolute atomic E-state index is 0.000283. The summed E-state index contributed by atoms with van der Waals surface area (Å²) in [7, 11) is 0. The number of benzene rings is 1. The van der Waals surface area contributed by atoms with Gasteiger partial charge in [-0.3, -0.25) is 10.1 Å². The van der Waals surface area contributed by atoms with E-state index in [1.165, 1.54) is 0 Å². The maximum absolute atomic E-state index is 13.5. The molecule has 0 radical (unpaired) electrons. The molecule has 1 saturated carbocycles. The number of rotatable bonds is 4. The number of halogens is 2. The van der Waals surface area contributed by atoms with Gasteiger partial charge in [-0.15, -0.1) is 0 Å². The molecule has 1 aromatic carbocycles. The number of hydrogen-bond acceptors (Lipinski definition) is 3. The van der Waals surface area contributed by atoms with E-state index in [4.69, 9.17) is 0 Å². The highest BCUT2D eigenvalue weighted by atomic mass is 19.1. The van der Waals surface area contributed by atoms with Crippen LogP contribution in [0.15, 0.2) is 12.1 Å². The van der Waals surface area contributed by atoms with Crippen molar-refractivity contribution in [3.8, 4) is 0 Å². The van der Waals surface area contributed by atoms with Gasteiger partial charge >= 0.3 is 5.69 Å². The lowest BCUT2D eigenvalue weighted by Crippen LogP contribution is -2.38. The van der Waals surface area contributed by atoms with Crippen LogP contribution in [0.25, 0.3) is 0 Å². The molecule has 19 heavy (non-hydrogen) atoms. The van der Waals surface area contributed by atoms with Crippen molar-refractivity contribution in [2.45, 2.75) is 32.7 Å². The Labute approximate surface area is 110 Å². The standard InChI is InChI=1S/C13H16F2N2O2/c1-7(2)8-3-9(4-8)16-12-6-13(17(18)19)11(15)5-10(12)14/h5-9,16H,3-4H2,1-2H3. The molecule has 0 atom stereocenters. The maximum Gasteiger partial charge on any atom is 0.307 e. The van der Waals surface area contributed by atoms with Crippen LogP contribution in [0.2, 0.25) is 0 Å². The van der Waals surface area contributed by atoms with Crippen LogP contribution < -0.4 is 5.32 Å². The zero-order valence-electron chi connectivity index (χ0n) is 10.8. The summed E-state index contributed by atoms with van der Waals surface area (Å²) in [5.74, 6) is -0.778. The van der Waals surface area contributed by atoms with Gasteiger partial charge in [0.25, 0.3) is 0 Å². The number of nitro benzene ring substituents is 1. The van der Waals surface area contributed by atoms with Crippen LogP contribution >= 0.6 is 0 Å². The normalized spacial score (nSPS) is 22.2. The van der Waals surface area contributed by atoms with Crippen molar-refractivity contribution in [2.24, 2.45) is 11.8 Å². The van der Waals surface area contributed by atoms with Gasteiger partial charge in [-0.05, 0) is 24.7 Å². The van der Waals surface area contributed by atoms with Gasteiger partial charge in [0.1, 0.15) is 5.82 Å². The molecule has 6 heteroatoms. The summed E-state index contributed by atoms with van der Waals surface area (Å²) >= 11 is 0. The Balaban J connectivity index is 2.09. The highest BCUT2D eigenvalue weighted by Gasteiger charge is 2.32. The van der Waals surface area contributed by atoms with Gasteiger partial charge in [-0.1, -0.05) is 13.8 Å². The van der Waals surface area contributed by atoms with Crippen molar-refractivity contribution in [3.05, 3.63) is 33.9 Å². The van der Waals surface area contributed by atoms with E-state index in [-0.39, 0.29) is 11.7 Å². The summed E-state index contributed by atoms with van der Waals surface area (Å²) < 4.78 is 26.7. The molecule has 4 nitrogen and oxygen atoms in total. The average molecular weight is 270 g/mol. The van der Waals surface area contributed by atoms with Crippen LogP contribution in [0.4, 0.5) is 20.2 Å². The highest BCUT2D eigenvalue weighted by Crippen LogP contribution is 2.36. The van der Waals surface area contributed by atoms with Crippen molar-refractivity contribution >= 4 is 11.4 Å². The third-order valence-corrected chi connectivity index (χ3v) is 3.71. The largest absolute Gasteiger partial charge is 0.380 e. The Kier molecular flexibility index (Phi) is 3.68.